The van der Waals surface area contributed by atoms with E-state index in [1.807, 2.05) is 10.6 Å². The first-order valence-corrected chi connectivity index (χ1v) is 9.18. The molecule has 4 heterocycles. The van der Waals surface area contributed by atoms with Crippen molar-refractivity contribution in [2.24, 2.45) is 0 Å². The Kier molecular flexibility index (Phi) is 3.63. The average Bonchev–Trinajstić information content (AvgIpc) is 3.17. The number of hydrogen-bond donors (Lipinski definition) is 0. The van der Waals surface area contributed by atoms with Crippen LogP contribution in [0, 0.1) is 0 Å². The van der Waals surface area contributed by atoms with Crippen molar-refractivity contribution in [2.45, 2.75) is 37.7 Å². The maximum atomic E-state index is 5.76. The van der Waals surface area contributed by atoms with Crippen molar-refractivity contribution < 1.29 is 4.74 Å². The Balaban J connectivity index is 1.27. The summed E-state index contributed by atoms with van der Waals surface area (Å²) in [5, 5.41) is 13.4. The quantitative estimate of drug-likeness (QED) is 0.843. The van der Waals surface area contributed by atoms with Crippen LogP contribution in [-0.2, 0) is 4.74 Å². The zero-order chi connectivity index (χ0) is 15.9. The van der Waals surface area contributed by atoms with E-state index in [1.54, 1.807) is 0 Å². The van der Waals surface area contributed by atoms with Crippen LogP contribution in [0.1, 0.15) is 37.4 Å². The van der Waals surface area contributed by atoms with Gasteiger partial charge in [0.1, 0.15) is 5.82 Å². The van der Waals surface area contributed by atoms with E-state index >= 15 is 0 Å². The van der Waals surface area contributed by atoms with E-state index < -0.39 is 0 Å². The number of anilines is 1. The van der Waals surface area contributed by atoms with E-state index in [4.69, 9.17) is 9.84 Å². The van der Waals surface area contributed by atoms with Gasteiger partial charge in [-0.25, -0.2) is 0 Å². The maximum Gasteiger partial charge on any atom is 0.178 e. The van der Waals surface area contributed by atoms with E-state index in [1.165, 1.54) is 25.7 Å². The van der Waals surface area contributed by atoms with Crippen molar-refractivity contribution in [1.29, 1.82) is 0 Å². The number of rotatable bonds is 4. The molecule has 2 aromatic rings. The monoisotopic (exact) mass is 328 g/mol. The third-order valence-corrected chi connectivity index (χ3v) is 5.40. The lowest BCUT2D eigenvalue weighted by atomic mass is 10.2. The van der Waals surface area contributed by atoms with Gasteiger partial charge in [0.2, 0.25) is 0 Å². The Bertz CT molecular complexity index is 713. The fourth-order valence-corrected chi connectivity index (χ4v) is 3.80. The largest absolute Gasteiger partial charge is 0.377 e. The predicted molar refractivity (Wildman–Crippen MR) is 90.4 cm³/mol. The van der Waals surface area contributed by atoms with Crippen molar-refractivity contribution in [2.75, 3.05) is 44.2 Å². The molecule has 1 aliphatic carbocycles. The van der Waals surface area contributed by atoms with Crippen molar-refractivity contribution in [1.82, 2.24) is 24.7 Å². The molecule has 0 radical (unpaired) electrons. The van der Waals surface area contributed by atoms with Crippen LogP contribution < -0.4 is 4.90 Å². The lowest BCUT2D eigenvalue weighted by molar-refractivity contribution is 0.0712. The zero-order valence-corrected chi connectivity index (χ0v) is 14.0. The van der Waals surface area contributed by atoms with Crippen LogP contribution in [0.3, 0.4) is 0 Å². The molecule has 7 heteroatoms. The molecule has 0 spiro atoms. The van der Waals surface area contributed by atoms with Crippen molar-refractivity contribution in [3.8, 4) is 0 Å². The van der Waals surface area contributed by atoms with Crippen LogP contribution in [0.5, 0.6) is 0 Å². The van der Waals surface area contributed by atoms with E-state index in [2.05, 4.69) is 26.1 Å². The summed E-state index contributed by atoms with van der Waals surface area (Å²) in [5.74, 6) is 2.64. The first-order valence-electron chi connectivity index (χ1n) is 9.18. The normalized spacial score (nSPS) is 25.7. The average molecular weight is 328 g/mol. The van der Waals surface area contributed by atoms with Gasteiger partial charge in [-0.05, 0) is 37.8 Å². The molecule has 7 nitrogen and oxygen atoms in total. The third kappa shape index (κ3) is 2.75. The summed E-state index contributed by atoms with van der Waals surface area (Å²) in [6, 6.07) is 4.12. The summed E-state index contributed by atoms with van der Waals surface area (Å²) >= 11 is 0. The summed E-state index contributed by atoms with van der Waals surface area (Å²) in [4.78, 5) is 4.90. The fourth-order valence-electron chi connectivity index (χ4n) is 3.80. The van der Waals surface area contributed by atoms with Crippen molar-refractivity contribution >= 4 is 11.5 Å². The molecule has 2 saturated heterocycles. The van der Waals surface area contributed by atoms with Crippen molar-refractivity contribution in [3.05, 3.63) is 18.0 Å². The highest BCUT2D eigenvalue weighted by Gasteiger charge is 2.30. The number of fused-ring (bicyclic) bond motifs is 1. The molecule has 24 heavy (non-hydrogen) atoms. The number of ether oxygens (including phenoxy) is 1. The summed E-state index contributed by atoms with van der Waals surface area (Å²) in [7, 11) is 0. The second-order valence-corrected chi connectivity index (χ2v) is 7.22. The lowest BCUT2D eigenvalue weighted by Crippen LogP contribution is -2.48. The second kappa shape index (κ2) is 5.97. The van der Waals surface area contributed by atoms with Crippen LogP contribution in [0.2, 0.25) is 0 Å². The minimum atomic E-state index is 0.448. The first-order chi connectivity index (χ1) is 11.9. The topological polar surface area (TPSA) is 58.8 Å². The minimum absolute atomic E-state index is 0.448. The van der Waals surface area contributed by atoms with Gasteiger partial charge in [-0.2, -0.15) is 4.52 Å². The highest BCUT2D eigenvalue weighted by Crippen LogP contribution is 2.38. The van der Waals surface area contributed by atoms with Crippen LogP contribution >= 0.6 is 0 Å². The molecule has 1 atom stereocenters. The van der Waals surface area contributed by atoms with Gasteiger partial charge in [-0.15, -0.1) is 15.3 Å². The van der Waals surface area contributed by atoms with Gasteiger partial charge in [0, 0.05) is 45.2 Å². The molecule has 3 fully saturated rings. The molecule has 2 aliphatic heterocycles. The Morgan fingerprint density at radius 3 is 2.67 bits per heavy atom. The van der Waals surface area contributed by atoms with Gasteiger partial charge in [0.05, 0.1) is 6.10 Å². The van der Waals surface area contributed by atoms with Gasteiger partial charge in [-0.1, -0.05) is 0 Å². The molecule has 1 unspecified atom stereocenters. The molecule has 0 amide bonds. The Morgan fingerprint density at radius 1 is 1.04 bits per heavy atom. The molecule has 2 aromatic heterocycles. The second-order valence-electron chi connectivity index (χ2n) is 7.22. The summed E-state index contributed by atoms with van der Waals surface area (Å²) in [5.41, 5.74) is 0.859. The minimum Gasteiger partial charge on any atom is -0.377 e. The van der Waals surface area contributed by atoms with Crippen LogP contribution in [0.25, 0.3) is 5.65 Å². The van der Waals surface area contributed by atoms with Gasteiger partial charge in [0.15, 0.2) is 11.5 Å². The Hall–Kier alpha value is -1.73. The molecule has 3 aliphatic rings. The molecule has 5 rings (SSSR count). The lowest BCUT2D eigenvalue weighted by Gasteiger charge is -2.36. The van der Waals surface area contributed by atoms with Crippen LogP contribution in [-0.4, -0.2) is 70.1 Å². The number of aromatic nitrogens is 4. The highest BCUT2D eigenvalue weighted by atomic mass is 16.5. The number of hydrogen-bond acceptors (Lipinski definition) is 6. The fraction of sp³-hybridized carbons (Fsp3) is 0.706. The Labute approximate surface area is 141 Å². The maximum absolute atomic E-state index is 5.76. The molecule has 0 N–H and O–H groups in total. The van der Waals surface area contributed by atoms with Gasteiger partial charge < -0.3 is 9.64 Å². The molecule has 1 saturated carbocycles. The predicted octanol–water partition coefficient (Wildman–Crippen LogP) is 1.30. The number of piperazine rings is 1. The summed E-state index contributed by atoms with van der Waals surface area (Å²) in [6.07, 6.45) is 5.32. The molecule has 128 valence electrons. The van der Waals surface area contributed by atoms with Crippen LogP contribution in [0.4, 0.5) is 5.82 Å². The standard InChI is InChI=1S/C17H24N6O/c1-2-14(24-11-1)12-21-7-9-22(10-8-21)16-6-5-15-18-19-17(13-3-4-13)23(15)20-16/h5-6,13-14H,1-4,7-12H2. The molecule has 0 aromatic carbocycles. The van der Waals surface area contributed by atoms with Gasteiger partial charge in [0.25, 0.3) is 0 Å². The summed E-state index contributed by atoms with van der Waals surface area (Å²) in [6.45, 7) is 6.22. The number of nitrogens with zero attached hydrogens (tertiary/aromatic N) is 6. The first kappa shape index (κ1) is 14.6. The van der Waals surface area contributed by atoms with Crippen LogP contribution in [0.15, 0.2) is 12.1 Å². The van der Waals surface area contributed by atoms with Gasteiger partial charge >= 0.3 is 0 Å². The van der Waals surface area contributed by atoms with E-state index in [0.29, 0.717) is 12.0 Å². The third-order valence-electron chi connectivity index (χ3n) is 5.40. The summed E-state index contributed by atoms with van der Waals surface area (Å²) < 4.78 is 7.71. The molecule has 0 bridgehead atoms. The SMILES string of the molecule is c1cc2nnc(C3CC3)n2nc1N1CCN(CC2CCCO2)CC1. The van der Waals surface area contributed by atoms with E-state index in [-0.39, 0.29) is 0 Å². The molecular weight excluding hydrogens is 304 g/mol. The van der Waals surface area contributed by atoms with E-state index in [9.17, 15) is 0 Å². The molecular formula is C17H24N6O. The van der Waals surface area contributed by atoms with Crippen molar-refractivity contribution in [3.63, 3.8) is 0 Å². The van der Waals surface area contributed by atoms with Gasteiger partial charge in [-0.3, -0.25) is 4.90 Å². The Morgan fingerprint density at radius 2 is 1.92 bits per heavy atom. The smallest absolute Gasteiger partial charge is 0.178 e. The van der Waals surface area contributed by atoms with E-state index in [0.717, 1.165) is 56.6 Å². The zero-order valence-electron chi connectivity index (χ0n) is 14.0. The highest BCUT2D eigenvalue weighted by molar-refractivity contribution is 5.46.